The van der Waals surface area contributed by atoms with Crippen LogP contribution in [0.15, 0.2) is 133 Å². The van der Waals surface area contributed by atoms with Crippen LogP contribution in [0.1, 0.15) is 27.7 Å². The van der Waals surface area contributed by atoms with Gasteiger partial charge in [0, 0.05) is 16.9 Å². The van der Waals surface area contributed by atoms with E-state index in [1.807, 2.05) is 38.1 Å². The van der Waals surface area contributed by atoms with E-state index in [4.69, 9.17) is 4.65 Å². The molecule has 5 aromatic rings. The van der Waals surface area contributed by atoms with E-state index in [1.165, 1.54) is 11.1 Å². The molecule has 0 unspecified atom stereocenters. The lowest BCUT2D eigenvalue weighted by molar-refractivity contribution is -0.0893. The normalized spacial score (nSPS) is 11.7. The molecule has 0 bridgehead atoms. The van der Waals surface area contributed by atoms with Crippen LogP contribution >= 0.6 is 0 Å². The molecule has 0 fully saturated rings. The number of para-hydroxylation sites is 1. The van der Waals surface area contributed by atoms with E-state index >= 15 is 0 Å². The molecule has 199 valence electrons. The third-order valence-corrected chi connectivity index (χ3v) is 7.58. The average Bonchev–Trinajstić information content (AvgIpc) is 2.98. The van der Waals surface area contributed by atoms with E-state index in [-0.39, 0.29) is 0 Å². The standard InChI is InChI=1S/C36H35BNO2/c1-35(2,39)36(3,4)40-37-30-21-25-32(26-22-30)38(31-23-19-28(20-24-31)27-13-7-5-8-14-27)34-18-12-11-17-33(34)29-15-9-6-10-16-29/h5-26,39H,1-4H3. The van der Waals surface area contributed by atoms with E-state index in [9.17, 15) is 5.11 Å². The van der Waals surface area contributed by atoms with Gasteiger partial charge in [0.25, 0.3) is 0 Å². The van der Waals surface area contributed by atoms with Gasteiger partial charge >= 0.3 is 7.48 Å². The molecule has 0 aromatic heterocycles. The van der Waals surface area contributed by atoms with Crippen molar-refractivity contribution >= 4 is 30.0 Å². The zero-order chi connectivity index (χ0) is 28.2. The van der Waals surface area contributed by atoms with Gasteiger partial charge in [-0.1, -0.05) is 109 Å². The van der Waals surface area contributed by atoms with Gasteiger partial charge in [0.1, 0.15) is 0 Å². The van der Waals surface area contributed by atoms with Crippen LogP contribution in [0.2, 0.25) is 0 Å². The monoisotopic (exact) mass is 524 g/mol. The highest BCUT2D eigenvalue weighted by Gasteiger charge is 2.35. The molecule has 1 N–H and O–H groups in total. The molecular formula is C36H35BNO2. The third-order valence-electron chi connectivity index (χ3n) is 7.58. The molecule has 0 aliphatic carbocycles. The topological polar surface area (TPSA) is 32.7 Å². The number of anilines is 3. The Morgan fingerprint density at radius 3 is 1.60 bits per heavy atom. The molecule has 40 heavy (non-hydrogen) atoms. The first kappa shape index (κ1) is 27.5. The summed E-state index contributed by atoms with van der Waals surface area (Å²) >= 11 is 0. The number of rotatable bonds is 9. The summed E-state index contributed by atoms with van der Waals surface area (Å²) in [5, 5.41) is 10.5. The maximum Gasteiger partial charge on any atom is 0.330 e. The minimum absolute atomic E-state index is 0.729. The second-order valence-electron chi connectivity index (χ2n) is 11.0. The molecule has 0 atom stereocenters. The van der Waals surface area contributed by atoms with Crippen LogP contribution in [0.4, 0.5) is 17.1 Å². The Kier molecular flexibility index (Phi) is 7.93. The van der Waals surface area contributed by atoms with Crippen molar-refractivity contribution in [2.45, 2.75) is 38.9 Å². The van der Waals surface area contributed by atoms with Crippen molar-refractivity contribution in [2.75, 3.05) is 4.90 Å². The molecule has 4 heteroatoms. The second-order valence-corrected chi connectivity index (χ2v) is 11.0. The quantitative estimate of drug-likeness (QED) is 0.197. The van der Waals surface area contributed by atoms with E-state index in [1.54, 1.807) is 21.3 Å². The first-order chi connectivity index (χ1) is 19.2. The molecule has 0 aliphatic heterocycles. The Morgan fingerprint density at radius 1 is 0.550 bits per heavy atom. The molecular weight excluding hydrogens is 489 g/mol. The fraction of sp³-hybridized carbons (Fsp3) is 0.167. The number of aliphatic hydroxyl groups is 1. The average molecular weight is 524 g/mol. The molecule has 1 radical (unpaired) electrons. The Labute approximate surface area is 239 Å². The molecule has 0 saturated heterocycles. The van der Waals surface area contributed by atoms with Crippen molar-refractivity contribution in [3.05, 3.63) is 133 Å². The summed E-state index contributed by atoms with van der Waals surface area (Å²) in [6.45, 7) is 7.29. The highest BCUT2D eigenvalue weighted by atomic mass is 16.5. The zero-order valence-electron chi connectivity index (χ0n) is 23.6. The fourth-order valence-corrected chi connectivity index (χ4v) is 4.45. The van der Waals surface area contributed by atoms with Gasteiger partial charge < -0.3 is 14.7 Å². The lowest BCUT2D eigenvalue weighted by Crippen LogP contribution is -2.49. The maximum absolute atomic E-state index is 10.5. The summed E-state index contributed by atoms with van der Waals surface area (Å²) in [5.74, 6) is 0. The molecule has 0 heterocycles. The summed E-state index contributed by atoms with van der Waals surface area (Å²) in [7, 11) is 1.72. The van der Waals surface area contributed by atoms with Crippen LogP contribution in [0.3, 0.4) is 0 Å². The second kappa shape index (κ2) is 11.6. The number of hydrogen-bond donors (Lipinski definition) is 1. The first-order valence-electron chi connectivity index (χ1n) is 13.7. The Morgan fingerprint density at radius 2 is 1.02 bits per heavy atom. The Bertz CT molecular complexity index is 1520. The van der Waals surface area contributed by atoms with Crippen LogP contribution in [-0.2, 0) is 4.65 Å². The highest BCUT2D eigenvalue weighted by Crippen LogP contribution is 2.41. The minimum Gasteiger partial charge on any atom is -0.427 e. The van der Waals surface area contributed by atoms with Crippen molar-refractivity contribution in [1.29, 1.82) is 0 Å². The van der Waals surface area contributed by atoms with Gasteiger partial charge in [-0.25, -0.2) is 0 Å². The van der Waals surface area contributed by atoms with Gasteiger partial charge in [-0.05, 0) is 74.7 Å². The van der Waals surface area contributed by atoms with Crippen LogP contribution in [0.25, 0.3) is 22.3 Å². The third kappa shape index (κ3) is 6.04. The van der Waals surface area contributed by atoms with Crippen LogP contribution < -0.4 is 10.4 Å². The van der Waals surface area contributed by atoms with Crippen molar-refractivity contribution in [1.82, 2.24) is 0 Å². The lowest BCUT2D eigenvalue weighted by Gasteiger charge is -2.37. The van der Waals surface area contributed by atoms with Crippen molar-refractivity contribution in [2.24, 2.45) is 0 Å². The van der Waals surface area contributed by atoms with Gasteiger partial charge in [0.05, 0.1) is 16.9 Å². The van der Waals surface area contributed by atoms with E-state index in [0.29, 0.717) is 0 Å². The van der Waals surface area contributed by atoms with Crippen LogP contribution in [-0.4, -0.2) is 23.8 Å². The van der Waals surface area contributed by atoms with Gasteiger partial charge in [-0.3, -0.25) is 0 Å². The summed E-state index contributed by atoms with van der Waals surface area (Å²) in [6, 6.07) is 46.5. The van der Waals surface area contributed by atoms with Gasteiger partial charge in [-0.2, -0.15) is 0 Å². The molecule has 0 saturated carbocycles. The summed E-state index contributed by atoms with van der Waals surface area (Å²) in [4.78, 5) is 2.29. The molecule has 0 aliphatic rings. The predicted octanol–water partition coefficient (Wildman–Crippen LogP) is 8.30. The van der Waals surface area contributed by atoms with Crippen molar-refractivity contribution in [3.8, 4) is 22.3 Å². The molecule has 3 nitrogen and oxygen atoms in total. The minimum atomic E-state index is -0.979. The van der Waals surface area contributed by atoms with Gasteiger partial charge in [-0.15, -0.1) is 0 Å². The van der Waals surface area contributed by atoms with Crippen molar-refractivity contribution in [3.63, 3.8) is 0 Å². The molecule has 5 rings (SSSR count). The maximum atomic E-state index is 10.5. The van der Waals surface area contributed by atoms with Crippen LogP contribution in [0.5, 0.6) is 0 Å². The number of benzene rings is 5. The largest absolute Gasteiger partial charge is 0.427 e. The fourth-order valence-electron chi connectivity index (χ4n) is 4.45. The Hall–Kier alpha value is -4.12. The Balaban J connectivity index is 1.53. The molecule has 0 amide bonds. The number of hydrogen-bond acceptors (Lipinski definition) is 3. The lowest BCUT2D eigenvalue weighted by atomic mass is 9.82. The predicted molar refractivity (Wildman–Crippen MR) is 169 cm³/mol. The van der Waals surface area contributed by atoms with Crippen molar-refractivity contribution < 1.29 is 9.76 Å². The van der Waals surface area contributed by atoms with Crippen LogP contribution in [0, 0.1) is 0 Å². The summed E-state index contributed by atoms with van der Waals surface area (Å²) in [6.07, 6.45) is 0. The summed E-state index contributed by atoms with van der Waals surface area (Å²) < 4.78 is 5.99. The van der Waals surface area contributed by atoms with E-state index < -0.39 is 11.2 Å². The van der Waals surface area contributed by atoms with E-state index in [0.717, 1.165) is 33.7 Å². The van der Waals surface area contributed by atoms with Gasteiger partial charge in [0.2, 0.25) is 0 Å². The molecule has 5 aromatic carbocycles. The van der Waals surface area contributed by atoms with E-state index in [2.05, 4.69) is 114 Å². The van der Waals surface area contributed by atoms with Gasteiger partial charge in [0.15, 0.2) is 0 Å². The smallest absolute Gasteiger partial charge is 0.330 e. The zero-order valence-corrected chi connectivity index (χ0v) is 23.6. The SMILES string of the molecule is CC(C)(O)C(C)(C)O[B]c1ccc(N(c2ccc(-c3ccccc3)cc2)c2ccccc2-c2ccccc2)cc1. The first-order valence-corrected chi connectivity index (χ1v) is 13.7. The summed E-state index contributed by atoms with van der Waals surface area (Å²) in [5.41, 5.74) is 7.11. The number of nitrogens with zero attached hydrogens (tertiary/aromatic N) is 1. The molecule has 0 spiro atoms. The highest BCUT2D eigenvalue weighted by molar-refractivity contribution is 6.47.